The van der Waals surface area contributed by atoms with E-state index in [-0.39, 0.29) is 18.7 Å². The number of nitrogens with one attached hydrogen (secondary N) is 1. The molecule has 27 heavy (non-hydrogen) atoms. The van der Waals surface area contributed by atoms with E-state index in [0.717, 1.165) is 11.0 Å². The van der Waals surface area contributed by atoms with E-state index in [1.807, 2.05) is 0 Å². The van der Waals surface area contributed by atoms with E-state index < -0.39 is 36.1 Å². The van der Waals surface area contributed by atoms with Crippen LogP contribution >= 0.6 is 0 Å². The van der Waals surface area contributed by atoms with Crippen molar-refractivity contribution in [2.24, 2.45) is 0 Å². The standard InChI is InChI=1S/C19H15FN2O5/c20-13-5-3-4-12(10-13)17(24)21-11-16(23)27-9-8-22-18(25)14-6-1-2-7-15(14)19(22)26/h1-7,10H,8-9,11H2,(H,21,24). The molecule has 0 unspecified atom stereocenters. The van der Waals surface area contributed by atoms with Crippen molar-refractivity contribution in [2.45, 2.75) is 0 Å². The lowest BCUT2D eigenvalue weighted by molar-refractivity contribution is -0.142. The molecule has 0 saturated carbocycles. The number of amides is 3. The summed E-state index contributed by atoms with van der Waals surface area (Å²) in [7, 11) is 0. The maximum atomic E-state index is 13.1. The van der Waals surface area contributed by atoms with E-state index in [2.05, 4.69) is 5.32 Å². The van der Waals surface area contributed by atoms with Crippen molar-refractivity contribution in [1.29, 1.82) is 0 Å². The van der Waals surface area contributed by atoms with Crippen molar-refractivity contribution < 1.29 is 28.3 Å². The summed E-state index contributed by atoms with van der Waals surface area (Å²) in [6, 6.07) is 11.5. The molecule has 0 saturated heterocycles. The van der Waals surface area contributed by atoms with Gasteiger partial charge in [0.1, 0.15) is 19.0 Å². The number of carbonyl (C=O) groups excluding carboxylic acids is 4. The quantitative estimate of drug-likeness (QED) is 0.613. The van der Waals surface area contributed by atoms with Crippen molar-refractivity contribution in [3.8, 4) is 0 Å². The summed E-state index contributed by atoms with van der Waals surface area (Å²) >= 11 is 0. The summed E-state index contributed by atoms with van der Waals surface area (Å²) in [4.78, 5) is 48.8. The molecule has 0 bridgehead atoms. The first-order valence-corrected chi connectivity index (χ1v) is 8.12. The molecule has 3 rings (SSSR count). The summed E-state index contributed by atoms with van der Waals surface area (Å²) in [5.74, 6) is -2.80. The zero-order chi connectivity index (χ0) is 19.4. The lowest BCUT2D eigenvalue weighted by Crippen LogP contribution is -2.35. The molecule has 0 spiro atoms. The highest BCUT2D eigenvalue weighted by Crippen LogP contribution is 2.21. The first-order valence-electron chi connectivity index (χ1n) is 8.12. The van der Waals surface area contributed by atoms with Crippen LogP contribution < -0.4 is 5.32 Å². The van der Waals surface area contributed by atoms with E-state index in [1.54, 1.807) is 24.3 Å². The van der Waals surface area contributed by atoms with Crippen LogP contribution in [0.1, 0.15) is 31.1 Å². The summed E-state index contributed by atoms with van der Waals surface area (Å²) in [6.07, 6.45) is 0. The Kier molecular flexibility index (Phi) is 5.25. The zero-order valence-corrected chi connectivity index (χ0v) is 14.1. The minimum atomic E-state index is -0.739. The van der Waals surface area contributed by atoms with Gasteiger partial charge in [0, 0.05) is 5.56 Å². The van der Waals surface area contributed by atoms with E-state index in [1.165, 1.54) is 18.2 Å². The van der Waals surface area contributed by atoms with Crippen LogP contribution in [0.4, 0.5) is 4.39 Å². The number of rotatable bonds is 6. The number of carbonyl (C=O) groups is 4. The van der Waals surface area contributed by atoms with Crippen molar-refractivity contribution in [3.63, 3.8) is 0 Å². The number of hydrogen-bond acceptors (Lipinski definition) is 5. The number of esters is 1. The summed E-state index contributed by atoms with van der Waals surface area (Å²) < 4.78 is 18.0. The average Bonchev–Trinajstić information content (AvgIpc) is 2.91. The Morgan fingerprint density at radius 3 is 2.30 bits per heavy atom. The fraction of sp³-hybridized carbons (Fsp3) is 0.158. The Hall–Kier alpha value is -3.55. The van der Waals surface area contributed by atoms with Crippen LogP contribution in [0, 0.1) is 5.82 Å². The molecule has 138 valence electrons. The molecule has 2 aromatic carbocycles. The number of ether oxygens (including phenoxy) is 1. The molecule has 1 N–H and O–H groups in total. The topological polar surface area (TPSA) is 92.8 Å². The van der Waals surface area contributed by atoms with Gasteiger partial charge in [0.15, 0.2) is 0 Å². The maximum Gasteiger partial charge on any atom is 0.325 e. The molecule has 0 atom stereocenters. The van der Waals surface area contributed by atoms with Crippen LogP contribution in [0.25, 0.3) is 0 Å². The Morgan fingerprint density at radius 1 is 1.00 bits per heavy atom. The van der Waals surface area contributed by atoms with Crippen LogP contribution in [0.15, 0.2) is 48.5 Å². The lowest BCUT2D eigenvalue weighted by Gasteiger charge is -2.14. The zero-order valence-electron chi connectivity index (χ0n) is 14.1. The smallest absolute Gasteiger partial charge is 0.325 e. The largest absolute Gasteiger partial charge is 0.462 e. The van der Waals surface area contributed by atoms with Gasteiger partial charge in [-0.3, -0.25) is 24.1 Å². The van der Waals surface area contributed by atoms with E-state index >= 15 is 0 Å². The third-order valence-corrected chi connectivity index (χ3v) is 3.94. The molecule has 0 radical (unpaired) electrons. The second-order valence-corrected chi connectivity index (χ2v) is 5.72. The predicted molar refractivity (Wildman–Crippen MR) is 91.5 cm³/mol. The molecular weight excluding hydrogens is 355 g/mol. The molecule has 0 aromatic heterocycles. The molecule has 8 heteroatoms. The van der Waals surface area contributed by atoms with Crippen molar-refractivity contribution in [2.75, 3.05) is 19.7 Å². The van der Waals surface area contributed by atoms with E-state index in [4.69, 9.17) is 4.74 Å². The number of nitrogens with zero attached hydrogens (tertiary/aromatic N) is 1. The fourth-order valence-corrected chi connectivity index (χ4v) is 2.63. The van der Waals surface area contributed by atoms with Crippen LogP contribution in [-0.4, -0.2) is 48.3 Å². The predicted octanol–water partition coefficient (Wildman–Crippen LogP) is 1.39. The van der Waals surface area contributed by atoms with E-state index in [0.29, 0.717) is 11.1 Å². The SMILES string of the molecule is O=C(CNC(=O)c1cccc(F)c1)OCCN1C(=O)c2ccccc2C1=O. The van der Waals surface area contributed by atoms with E-state index in [9.17, 15) is 23.6 Å². The fourth-order valence-electron chi connectivity index (χ4n) is 2.63. The Morgan fingerprint density at radius 2 is 1.67 bits per heavy atom. The van der Waals surface area contributed by atoms with Crippen LogP contribution in [0.5, 0.6) is 0 Å². The highest BCUT2D eigenvalue weighted by Gasteiger charge is 2.34. The monoisotopic (exact) mass is 370 g/mol. The van der Waals surface area contributed by atoms with Crippen molar-refractivity contribution in [1.82, 2.24) is 10.2 Å². The number of benzene rings is 2. The Labute approximate surface area is 153 Å². The Bertz CT molecular complexity index is 893. The minimum Gasteiger partial charge on any atom is -0.462 e. The molecule has 0 fully saturated rings. The van der Waals surface area contributed by atoms with Gasteiger partial charge in [-0.05, 0) is 30.3 Å². The molecule has 2 aromatic rings. The van der Waals surface area contributed by atoms with Gasteiger partial charge in [0.05, 0.1) is 17.7 Å². The molecule has 0 aliphatic carbocycles. The lowest BCUT2D eigenvalue weighted by atomic mass is 10.1. The van der Waals surface area contributed by atoms with Crippen LogP contribution in [0.2, 0.25) is 0 Å². The van der Waals surface area contributed by atoms with Gasteiger partial charge in [0.25, 0.3) is 17.7 Å². The number of imide groups is 1. The minimum absolute atomic E-state index is 0.0776. The maximum absolute atomic E-state index is 13.1. The first kappa shape index (κ1) is 18.2. The van der Waals surface area contributed by atoms with Crippen molar-refractivity contribution >= 4 is 23.7 Å². The van der Waals surface area contributed by atoms with Gasteiger partial charge < -0.3 is 10.1 Å². The second-order valence-electron chi connectivity index (χ2n) is 5.72. The van der Waals surface area contributed by atoms with Crippen LogP contribution in [0.3, 0.4) is 0 Å². The summed E-state index contributed by atoms with van der Waals surface area (Å²) in [6.45, 7) is -0.701. The van der Waals surface area contributed by atoms with Gasteiger partial charge in [-0.15, -0.1) is 0 Å². The third-order valence-electron chi connectivity index (χ3n) is 3.94. The first-order chi connectivity index (χ1) is 13.0. The van der Waals surface area contributed by atoms with Gasteiger partial charge in [-0.1, -0.05) is 18.2 Å². The molecular formula is C19H15FN2O5. The molecule has 3 amide bonds. The highest BCUT2D eigenvalue weighted by atomic mass is 19.1. The van der Waals surface area contributed by atoms with Gasteiger partial charge in [-0.25, -0.2) is 4.39 Å². The number of hydrogen-bond donors (Lipinski definition) is 1. The second kappa shape index (κ2) is 7.77. The normalized spacial score (nSPS) is 12.7. The van der Waals surface area contributed by atoms with Crippen LogP contribution in [-0.2, 0) is 9.53 Å². The highest BCUT2D eigenvalue weighted by molar-refractivity contribution is 6.21. The molecule has 1 aliphatic rings. The summed E-state index contributed by atoms with van der Waals surface area (Å²) in [5.41, 5.74) is 0.709. The molecule has 7 nitrogen and oxygen atoms in total. The molecule has 1 aliphatic heterocycles. The molecule has 1 heterocycles. The average molecular weight is 370 g/mol. The van der Waals surface area contributed by atoms with Gasteiger partial charge in [-0.2, -0.15) is 0 Å². The summed E-state index contributed by atoms with van der Waals surface area (Å²) in [5, 5.41) is 2.31. The van der Waals surface area contributed by atoms with Crippen molar-refractivity contribution in [3.05, 3.63) is 71.0 Å². The Balaban J connectivity index is 1.45. The van der Waals surface area contributed by atoms with Gasteiger partial charge in [0.2, 0.25) is 0 Å². The van der Waals surface area contributed by atoms with Gasteiger partial charge >= 0.3 is 5.97 Å². The number of fused-ring (bicyclic) bond motifs is 1. The number of halogens is 1. The third kappa shape index (κ3) is 4.00.